The van der Waals surface area contributed by atoms with Crippen molar-refractivity contribution in [2.75, 3.05) is 31.1 Å². The average molecular weight is 294 g/mol. The van der Waals surface area contributed by atoms with Crippen LogP contribution in [0.4, 0.5) is 10.7 Å². The van der Waals surface area contributed by atoms with Gasteiger partial charge in [0.15, 0.2) is 0 Å². The first-order chi connectivity index (χ1) is 9.90. The molecule has 0 saturated carbocycles. The molecule has 1 aliphatic heterocycles. The highest BCUT2D eigenvalue weighted by Crippen LogP contribution is 2.18. The van der Waals surface area contributed by atoms with Gasteiger partial charge < -0.3 is 19.6 Å². The van der Waals surface area contributed by atoms with Crippen molar-refractivity contribution in [3.8, 4) is 0 Å². The number of carbonyl (C=O) groups is 1. The predicted octanol–water partition coefficient (Wildman–Crippen LogP) is 0.895. The lowest BCUT2D eigenvalue weighted by Gasteiger charge is -2.40. The van der Waals surface area contributed by atoms with Gasteiger partial charge in [-0.1, -0.05) is 0 Å². The lowest BCUT2D eigenvalue weighted by atomic mass is 10.2. The largest absolute Gasteiger partial charge is 0.444 e. The van der Waals surface area contributed by atoms with Gasteiger partial charge in [-0.15, -0.1) is 0 Å². The number of nitrogens with zero attached hydrogens (tertiary/aromatic N) is 4. The third-order valence-corrected chi connectivity index (χ3v) is 3.15. The van der Waals surface area contributed by atoms with Gasteiger partial charge in [-0.3, -0.25) is 0 Å². The minimum Gasteiger partial charge on any atom is -0.444 e. The summed E-state index contributed by atoms with van der Waals surface area (Å²) in [6.07, 6.45) is 2.98. The van der Waals surface area contributed by atoms with Gasteiger partial charge in [0.2, 0.25) is 5.95 Å². The number of aliphatic hydroxyl groups excluding tert-OH is 1. The predicted molar refractivity (Wildman–Crippen MR) is 78.1 cm³/mol. The first-order valence-electron chi connectivity index (χ1n) is 7.03. The summed E-state index contributed by atoms with van der Waals surface area (Å²) in [5.41, 5.74) is -0.522. The number of rotatable bonds is 2. The fraction of sp³-hybridized carbons (Fsp3) is 0.643. The van der Waals surface area contributed by atoms with E-state index in [4.69, 9.17) is 4.74 Å². The normalized spacial score (nSPS) is 19.5. The molecule has 1 aromatic heterocycles. The number of aliphatic hydroxyl groups is 1. The van der Waals surface area contributed by atoms with Crippen molar-refractivity contribution >= 4 is 12.0 Å². The molecule has 21 heavy (non-hydrogen) atoms. The molecule has 1 saturated heterocycles. The number of aromatic nitrogens is 2. The molecule has 7 nitrogen and oxygen atoms in total. The van der Waals surface area contributed by atoms with E-state index in [0.29, 0.717) is 25.6 Å². The Bertz CT molecular complexity index is 475. The lowest BCUT2D eigenvalue weighted by Crippen LogP contribution is -2.57. The van der Waals surface area contributed by atoms with E-state index in [9.17, 15) is 9.90 Å². The summed E-state index contributed by atoms with van der Waals surface area (Å²) in [7, 11) is 0. The van der Waals surface area contributed by atoms with E-state index in [1.54, 1.807) is 23.4 Å². The molecule has 0 bridgehead atoms. The molecule has 116 valence electrons. The summed E-state index contributed by atoms with van der Waals surface area (Å²) >= 11 is 0. The Balaban J connectivity index is 2.03. The maximum absolute atomic E-state index is 12.1. The van der Waals surface area contributed by atoms with Gasteiger partial charge in [-0.25, -0.2) is 14.8 Å². The Morgan fingerprint density at radius 3 is 2.62 bits per heavy atom. The molecule has 1 fully saturated rings. The second kappa shape index (κ2) is 6.26. The van der Waals surface area contributed by atoms with Crippen molar-refractivity contribution in [2.24, 2.45) is 0 Å². The number of amides is 1. The number of ether oxygens (including phenoxy) is 1. The Hall–Kier alpha value is -1.89. The van der Waals surface area contributed by atoms with Crippen LogP contribution in [0.5, 0.6) is 0 Å². The second-order valence-corrected chi connectivity index (χ2v) is 6.00. The fourth-order valence-electron chi connectivity index (χ4n) is 2.21. The molecule has 1 atom stereocenters. The zero-order chi connectivity index (χ0) is 15.5. The smallest absolute Gasteiger partial charge is 0.410 e. The monoisotopic (exact) mass is 294 g/mol. The summed E-state index contributed by atoms with van der Waals surface area (Å²) in [5, 5.41) is 9.58. The van der Waals surface area contributed by atoms with E-state index in [1.807, 2.05) is 25.7 Å². The maximum Gasteiger partial charge on any atom is 0.410 e. The van der Waals surface area contributed by atoms with Crippen molar-refractivity contribution in [2.45, 2.75) is 32.4 Å². The summed E-state index contributed by atoms with van der Waals surface area (Å²) in [6, 6.07) is 1.52. The van der Waals surface area contributed by atoms with E-state index in [-0.39, 0.29) is 18.7 Å². The van der Waals surface area contributed by atoms with Crippen molar-refractivity contribution in [1.29, 1.82) is 0 Å². The van der Waals surface area contributed by atoms with Crippen molar-refractivity contribution in [3.05, 3.63) is 18.5 Å². The molecule has 0 spiro atoms. The van der Waals surface area contributed by atoms with Gasteiger partial charge in [0.05, 0.1) is 12.6 Å². The van der Waals surface area contributed by atoms with Gasteiger partial charge in [0.1, 0.15) is 5.60 Å². The second-order valence-electron chi connectivity index (χ2n) is 6.00. The molecule has 2 heterocycles. The van der Waals surface area contributed by atoms with Gasteiger partial charge in [0.25, 0.3) is 0 Å². The van der Waals surface area contributed by atoms with Crippen LogP contribution in [0.25, 0.3) is 0 Å². The van der Waals surface area contributed by atoms with E-state index in [0.717, 1.165) is 0 Å². The number of hydrogen-bond donors (Lipinski definition) is 1. The van der Waals surface area contributed by atoms with Crippen LogP contribution in [0.3, 0.4) is 0 Å². The molecule has 1 amide bonds. The third kappa shape index (κ3) is 4.04. The maximum atomic E-state index is 12.1. The van der Waals surface area contributed by atoms with Crippen LogP contribution in [0, 0.1) is 0 Å². The molecule has 0 unspecified atom stereocenters. The zero-order valence-corrected chi connectivity index (χ0v) is 12.7. The zero-order valence-electron chi connectivity index (χ0n) is 12.7. The van der Waals surface area contributed by atoms with E-state index < -0.39 is 5.60 Å². The summed E-state index contributed by atoms with van der Waals surface area (Å²) in [5.74, 6) is 0.570. The molecule has 0 aliphatic carbocycles. The Labute approximate surface area is 124 Å². The van der Waals surface area contributed by atoms with Gasteiger partial charge >= 0.3 is 6.09 Å². The van der Waals surface area contributed by atoms with Crippen LogP contribution < -0.4 is 4.90 Å². The van der Waals surface area contributed by atoms with Gasteiger partial charge in [-0.2, -0.15) is 0 Å². The molecule has 7 heteroatoms. The average Bonchev–Trinajstić information content (AvgIpc) is 2.45. The van der Waals surface area contributed by atoms with Crippen molar-refractivity contribution in [1.82, 2.24) is 14.9 Å². The topological polar surface area (TPSA) is 78.8 Å². The van der Waals surface area contributed by atoms with Crippen LogP contribution in [0.1, 0.15) is 20.8 Å². The van der Waals surface area contributed by atoms with Crippen molar-refractivity contribution < 1.29 is 14.6 Å². The van der Waals surface area contributed by atoms with Crippen LogP contribution >= 0.6 is 0 Å². The minimum absolute atomic E-state index is 0.0719. The molecule has 0 radical (unpaired) electrons. The first-order valence-corrected chi connectivity index (χ1v) is 7.03. The Kier molecular flexibility index (Phi) is 4.62. The quantitative estimate of drug-likeness (QED) is 0.873. The van der Waals surface area contributed by atoms with Gasteiger partial charge in [0, 0.05) is 32.0 Å². The molecule has 1 N–H and O–H groups in total. The van der Waals surface area contributed by atoms with E-state index in [1.165, 1.54) is 0 Å². The summed E-state index contributed by atoms with van der Waals surface area (Å²) in [6.45, 7) is 6.91. The number of hydrogen-bond acceptors (Lipinski definition) is 6. The number of piperazine rings is 1. The Morgan fingerprint density at radius 2 is 2.05 bits per heavy atom. The van der Waals surface area contributed by atoms with E-state index in [2.05, 4.69) is 9.97 Å². The lowest BCUT2D eigenvalue weighted by molar-refractivity contribution is 0.0196. The number of anilines is 1. The molecule has 2 rings (SSSR count). The van der Waals surface area contributed by atoms with Crippen LogP contribution in [0.2, 0.25) is 0 Å². The molecular formula is C14H22N4O3. The molecule has 0 aromatic carbocycles. The molecule has 1 aliphatic rings. The standard InChI is InChI=1S/C14H22N4O3/c1-14(2,3)21-13(20)17-7-8-18(11(9-17)10-19)12-15-5-4-6-16-12/h4-6,11,19H,7-10H2,1-3H3/t11-/m1/s1. The summed E-state index contributed by atoms with van der Waals surface area (Å²) in [4.78, 5) is 24.0. The Morgan fingerprint density at radius 1 is 1.38 bits per heavy atom. The fourth-order valence-corrected chi connectivity index (χ4v) is 2.21. The highest BCUT2D eigenvalue weighted by Gasteiger charge is 2.32. The van der Waals surface area contributed by atoms with Gasteiger partial charge in [-0.05, 0) is 26.8 Å². The third-order valence-electron chi connectivity index (χ3n) is 3.15. The minimum atomic E-state index is -0.522. The summed E-state index contributed by atoms with van der Waals surface area (Å²) < 4.78 is 5.37. The SMILES string of the molecule is CC(C)(C)OC(=O)N1CCN(c2ncccn2)[C@@H](CO)C1. The van der Waals surface area contributed by atoms with Crippen LogP contribution in [0.15, 0.2) is 18.5 Å². The van der Waals surface area contributed by atoms with Crippen LogP contribution in [-0.2, 0) is 4.74 Å². The highest BCUT2D eigenvalue weighted by atomic mass is 16.6. The highest BCUT2D eigenvalue weighted by molar-refractivity contribution is 5.68. The van der Waals surface area contributed by atoms with E-state index >= 15 is 0 Å². The molecule has 1 aromatic rings. The molecular weight excluding hydrogens is 272 g/mol. The number of carbonyl (C=O) groups excluding carboxylic acids is 1. The van der Waals surface area contributed by atoms with Crippen LogP contribution in [-0.4, -0.2) is 64.0 Å². The first kappa shape index (κ1) is 15.5. The van der Waals surface area contributed by atoms with Crippen molar-refractivity contribution in [3.63, 3.8) is 0 Å².